The minimum atomic E-state index is -1.23. The van der Waals surface area contributed by atoms with Gasteiger partial charge in [-0.05, 0) is 37.2 Å². The van der Waals surface area contributed by atoms with E-state index in [0.717, 1.165) is 18.2 Å². The topological polar surface area (TPSA) is 80.6 Å². The van der Waals surface area contributed by atoms with E-state index >= 15 is 8.78 Å². The van der Waals surface area contributed by atoms with Gasteiger partial charge in [-0.3, -0.25) is 4.79 Å². The van der Waals surface area contributed by atoms with Crippen LogP contribution in [0.4, 0.5) is 19.3 Å². The van der Waals surface area contributed by atoms with E-state index in [4.69, 9.17) is 4.74 Å². The Kier molecular flexibility index (Phi) is 7.99. The molecule has 0 bridgehead atoms. The number of anilines is 1. The summed E-state index contributed by atoms with van der Waals surface area (Å²) in [4.78, 5) is 28.3. The molecule has 8 nitrogen and oxygen atoms in total. The molecule has 204 valence electrons. The first-order valence-corrected chi connectivity index (χ1v) is 16.2. The average Bonchev–Trinajstić information content (AvgIpc) is 3.35. The highest BCUT2D eigenvalue weighted by Crippen LogP contribution is 2.38. The summed E-state index contributed by atoms with van der Waals surface area (Å²) in [5, 5.41) is 8.23. The van der Waals surface area contributed by atoms with Crippen LogP contribution in [0.3, 0.4) is 0 Å². The minimum Gasteiger partial charge on any atom is -0.359 e. The Bertz CT molecular complexity index is 1420. The molecule has 0 unspecified atom stereocenters. The van der Waals surface area contributed by atoms with Crippen molar-refractivity contribution >= 4 is 25.7 Å². The molecule has 0 radical (unpaired) electrons. The number of rotatable bonds is 7. The molecule has 4 rings (SSSR count). The van der Waals surface area contributed by atoms with Crippen LogP contribution in [0.25, 0.3) is 0 Å². The van der Waals surface area contributed by atoms with E-state index in [1.54, 1.807) is 37.4 Å². The fourth-order valence-electron chi connectivity index (χ4n) is 4.10. The number of carbonyl (C=O) groups excluding carboxylic acids is 2. The van der Waals surface area contributed by atoms with Crippen LogP contribution in [0.1, 0.15) is 30.2 Å². The molecule has 39 heavy (non-hydrogen) atoms. The number of hydrogen-bond donors (Lipinski definition) is 0. The van der Waals surface area contributed by atoms with Crippen LogP contribution in [-0.2, 0) is 21.8 Å². The fourth-order valence-corrected chi connectivity index (χ4v) is 4.86. The van der Waals surface area contributed by atoms with Crippen molar-refractivity contribution in [2.75, 3.05) is 18.6 Å². The molecule has 2 aromatic carbocycles. The third-order valence-electron chi connectivity index (χ3n) is 6.64. The largest absolute Gasteiger partial charge is 0.359 e. The number of amides is 3. The molecular formula is C28H31F2N5O3Si. The molecule has 0 saturated carbocycles. The molecule has 0 spiro atoms. The minimum absolute atomic E-state index is 0.0800. The van der Waals surface area contributed by atoms with Gasteiger partial charge < -0.3 is 9.64 Å². The maximum Gasteiger partial charge on any atom is 0.332 e. The van der Waals surface area contributed by atoms with Crippen LogP contribution in [0, 0.1) is 23.5 Å². The number of nitrogens with zero attached hydrogens (tertiary/aromatic N) is 5. The van der Waals surface area contributed by atoms with Gasteiger partial charge in [0.1, 0.15) is 18.1 Å². The van der Waals surface area contributed by atoms with Gasteiger partial charge in [0.2, 0.25) is 5.91 Å². The zero-order chi connectivity index (χ0) is 28.4. The maximum atomic E-state index is 15.1. The van der Waals surface area contributed by atoms with Crippen molar-refractivity contribution in [2.24, 2.45) is 0 Å². The van der Waals surface area contributed by atoms with Gasteiger partial charge in [-0.15, -0.1) is 5.10 Å². The second kappa shape index (κ2) is 11.1. The molecule has 3 amide bonds. The normalized spacial score (nSPS) is 17.8. The lowest BCUT2D eigenvalue weighted by molar-refractivity contribution is -0.122. The Balaban J connectivity index is 1.52. The van der Waals surface area contributed by atoms with Gasteiger partial charge in [0.05, 0.1) is 18.2 Å². The Labute approximate surface area is 227 Å². The molecule has 0 N–H and O–H groups in total. The van der Waals surface area contributed by atoms with Gasteiger partial charge in [-0.2, -0.15) is 0 Å². The van der Waals surface area contributed by atoms with Crippen molar-refractivity contribution in [3.8, 4) is 11.8 Å². The fraction of sp³-hybridized carbons (Fsp3) is 0.357. The van der Waals surface area contributed by atoms with Crippen LogP contribution in [0.5, 0.6) is 0 Å². The number of ether oxygens (including phenoxy) is 1. The summed E-state index contributed by atoms with van der Waals surface area (Å²) in [7, 11) is 0.225. The number of urea groups is 1. The van der Waals surface area contributed by atoms with Crippen molar-refractivity contribution in [3.05, 3.63) is 77.1 Å². The summed E-state index contributed by atoms with van der Waals surface area (Å²) in [5.74, 6) is 2.66. The van der Waals surface area contributed by atoms with Crippen LogP contribution >= 0.6 is 0 Å². The van der Waals surface area contributed by atoms with Crippen molar-refractivity contribution < 1.29 is 23.1 Å². The van der Waals surface area contributed by atoms with E-state index < -0.39 is 42.9 Å². The van der Waals surface area contributed by atoms with E-state index in [-0.39, 0.29) is 18.7 Å². The van der Waals surface area contributed by atoms with Gasteiger partial charge in [0, 0.05) is 32.9 Å². The molecule has 3 aromatic rings. The quantitative estimate of drug-likeness (QED) is 0.235. The first-order chi connectivity index (χ1) is 18.4. The first kappa shape index (κ1) is 28.1. The second-order valence-corrected chi connectivity index (χ2v) is 16.5. The second-order valence-electron chi connectivity index (χ2n) is 10.9. The molecule has 1 aliphatic heterocycles. The number of aromatic nitrogens is 3. The van der Waals surface area contributed by atoms with Gasteiger partial charge >= 0.3 is 6.03 Å². The summed E-state index contributed by atoms with van der Waals surface area (Å²) in [6.07, 6.45) is 1.36. The van der Waals surface area contributed by atoms with E-state index in [0.29, 0.717) is 22.8 Å². The number of imide groups is 1. The highest BCUT2D eigenvalue weighted by atomic mass is 28.3. The van der Waals surface area contributed by atoms with Crippen LogP contribution in [0.15, 0.2) is 48.7 Å². The van der Waals surface area contributed by atoms with Crippen LogP contribution in [0.2, 0.25) is 25.7 Å². The first-order valence-electron chi connectivity index (χ1n) is 12.5. The van der Waals surface area contributed by atoms with Crippen LogP contribution < -0.4 is 4.90 Å². The molecule has 1 fully saturated rings. The molecule has 11 heteroatoms. The molecule has 1 aliphatic rings. The standard InChI is InChI=1S/C28H31F2N5O3Si/c1-28(24-18-34(32-31-24)19-38-13-14-39(3,4)5)17-25(36)35(27(37)33(28)2)26-22(29)15-21(16-23(26)30)12-11-20-9-7-6-8-10-20/h6-10,15-16,18H,13-14,17,19H2,1-5H3/t28-/m0/s1. The zero-order valence-electron chi connectivity index (χ0n) is 22.7. The van der Waals surface area contributed by atoms with E-state index in [1.807, 2.05) is 6.07 Å². The highest BCUT2D eigenvalue weighted by molar-refractivity contribution is 6.76. The van der Waals surface area contributed by atoms with Crippen molar-refractivity contribution in [1.29, 1.82) is 0 Å². The maximum absolute atomic E-state index is 15.1. The Hall–Kier alpha value is -3.88. The monoisotopic (exact) mass is 551 g/mol. The van der Waals surface area contributed by atoms with Crippen molar-refractivity contribution in [2.45, 2.75) is 51.3 Å². The summed E-state index contributed by atoms with van der Waals surface area (Å²) in [5.41, 5.74) is -0.776. The molecule has 2 heterocycles. The number of carbonyl (C=O) groups is 2. The lowest BCUT2D eigenvalue weighted by Crippen LogP contribution is -2.60. The summed E-state index contributed by atoms with van der Waals surface area (Å²) in [6, 6.07) is 11.1. The number of hydrogen-bond acceptors (Lipinski definition) is 5. The third-order valence-corrected chi connectivity index (χ3v) is 8.34. The summed E-state index contributed by atoms with van der Waals surface area (Å²) >= 11 is 0. The molecule has 0 aliphatic carbocycles. The molecule has 1 aromatic heterocycles. The lowest BCUT2D eigenvalue weighted by atomic mass is 9.89. The van der Waals surface area contributed by atoms with Crippen LogP contribution in [-0.4, -0.2) is 53.6 Å². The van der Waals surface area contributed by atoms with E-state index in [2.05, 4.69) is 41.8 Å². The summed E-state index contributed by atoms with van der Waals surface area (Å²) < 4.78 is 37.4. The van der Waals surface area contributed by atoms with E-state index in [9.17, 15) is 9.59 Å². The van der Waals surface area contributed by atoms with Crippen molar-refractivity contribution in [3.63, 3.8) is 0 Å². The van der Waals surface area contributed by atoms with Gasteiger partial charge in [0.15, 0.2) is 11.6 Å². The van der Waals surface area contributed by atoms with Gasteiger partial charge in [-0.1, -0.05) is 54.9 Å². The van der Waals surface area contributed by atoms with Crippen molar-refractivity contribution in [1.82, 2.24) is 19.9 Å². The molecular weight excluding hydrogens is 520 g/mol. The zero-order valence-corrected chi connectivity index (χ0v) is 23.7. The SMILES string of the molecule is CN1C(=O)N(c2c(F)cc(C#Cc3ccccc3)cc2F)C(=O)C[C@@]1(C)c1cn(COCC[Si](C)(C)C)nn1. The Morgan fingerprint density at radius 1 is 1.05 bits per heavy atom. The average molecular weight is 552 g/mol. The number of benzene rings is 2. The summed E-state index contributed by atoms with van der Waals surface area (Å²) in [6.45, 7) is 9.21. The van der Waals surface area contributed by atoms with Gasteiger partial charge in [-0.25, -0.2) is 23.2 Å². The number of halogens is 2. The third kappa shape index (κ3) is 6.24. The molecule has 1 saturated heterocycles. The Morgan fingerprint density at radius 2 is 1.69 bits per heavy atom. The van der Waals surface area contributed by atoms with E-state index in [1.165, 1.54) is 16.6 Å². The van der Waals surface area contributed by atoms with Gasteiger partial charge in [0.25, 0.3) is 0 Å². The molecule has 1 atom stereocenters. The smallest absolute Gasteiger partial charge is 0.332 e. The highest BCUT2D eigenvalue weighted by Gasteiger charge is 2.49. The predicted octanol–water partition coefficient (Wildman–Crippen LogP) is 4.97. The predicted molar refractivity (Wildman–Crippen MR) is 146 cm³/mol. The lowest BCUT2D eigenvalue weighted by Gasteiger charge is -2.44. The Morgan fingerprint density at radius 3 is 2.33 bits per heavy atom.